The van der Waals surface area contributed by atoms with Crippen LogP contribution in [0.25, 0.3) is 11.0 Å². The topological polar surface area (TPSA) is 30.7 Å². The first-order valence-corrected chi connectivity index (χ1v) is 7.51. The van der Waals surface area contributed by atoms with Gasteiger partial charge in [0.15, 0.2) is 0 Å². The fourth-order valence-electron chi connectivity index (χ4n) is 2.77. The maximum atomic E-state index is 5.91. The Morgan fingerprint density at radius 2 is 2.06 bits per heavy atom. The van der Waals surface area contributed by atoms with Gasteiger partial charge in [0.05, 0.1) is 5.39 Å². The first-order valence-electron chi connectivity index (χ1n) is 6.33. The molecule has 0 amide bonds. The van der Waals surface area contributed by atoms with E-state index in [2.05, 4.69) is 43.6 Å². The van der Waals surface area contributed by atoms with Crippen LogP contribution in [0.2, 0.25) is 5.28 Å². The van der Waals surface area contributed by atoms with Gasteiger partial charge in [-0.05, 0) is 59.1 Å². The van der Waals surface area contributed by atoms with Gasteiger partial charge in [-0.3, -0.25) is 0 Å². The van der Waals surface area contributed by atoms with Crippen molar-refractivity contribution in [3.8, 4) is 0 Å². The van der Waals surface area contributed by atoms with Crippen molar-refractivity contribution in [2.75, 3.05) is 0 Å². The first kappa shape index (κ1) is 12.4. The van der Waals surface area contributed by atoms with E-state index in [1.807, 2.05) is 0 Å². The Labute approximate surface area is 120 Å². The van der Waals surface area contributed by atoms with Crippen LogP contribution >= 0.6 is 27.5 Å². The Morgan fingerprint density at radius 3 is 2.78 bits per heavy atom. The molecule has 2 heterocycles. The predicted molar refractivity (Wildman–Crippen MR) is 76.9 cm³/mol. The molecule has 1 saturated carbocycles. The third-order valence-electron chi connectivity index (χ3n) is 3.87. The molecule has 2 aromatic rings. The molecule has 18 heavy (non-hydrogen) atoms. The molecule has 0 radical (unpaired) electrons. The maximum Gasteiger partial charge on any atom is 0.224 e. The Kier molecular flexibility index (Phi) is 3.32. The smallest absolute Gasteiger partial charge is 0.224 e. The molecule has 0 bridgehead atoms. The van der Waals surface area contributed by atoms with E-state index in [9.17, 15) is 0 Å². The molecule has 1 fully saturated rings. The van der Waals surface area contributed by atoms with E-state index >= 15 is 0 Å². The summed E-state index contributed by atoms with van der Waals surface area (Å²) >= 11 is 9.49. The van der Waals surface area contributed by atoms with Gasteiger partial charge in [0, 0.05) is 22.9 Å². The van der Waals surface area contributed by atoms with Crippen molar-refractivity contribution >= 4 is 38.6 Å². The molecule has 1 aliphatic rings. The molecule has 0 saturated heterocycles. The summed E-state index contributed by atoms with van der Waals surface area (Å²) in [5, 5.41) is 1.36. The molecule has 96 valence electrons. The standard InChI is InChI=1S/C13H15BrClN3/c1-8-2-4-9(5-3-8)18-7-11(14)10-6-16-13(15)17-12(10)18/h6-9H,2-5H2,1H3. The fraction of sp³-hybridized carbons (Fsp3) is 0.538. The second-order valence-corrected chi connectivity index (χ2v) is 6.37. The predicted octanol–water partition coefficient (Wildman–Crippen LogP) is 4.60. The lowest BCUT2D eigenvalue weighted by Gasteiger charge is -2.27. The second kappa shape index (κ2) is 4.82. The highest BCUT2D eigenvalue weighted by Gasteiger charge is 2.22. The van der Waals surface area contributed by atoms with Gasteiger partial charge >= 0.3 is 0 Å². The van der Waals surface area contributed by atoms with Crippen molar-refractivity contribution in [1.29, 1.82) is 0 Å². The van der Waals surface area contributed by atoms with Crippen LogP contribution in [0.15, 0.2) is 16.9 Å². The zero-order valence-corrected chi connectivity index (χ0v) is 12.6. The monoisotopic (exact) mass is 327 g/mol. The number of nitrogens with zero attached hydrogens (tertiary/aromatic N) is 3. The van der Waals surface area contributed by atoms with E-state index in [-0.39, 0.29) is 0 Å². The van der Waals surface area contributed by atoms with Crippen LogP contribution in [-0.2, 0) is 0 Å². The lowest BCUT2D eigenvalue weighted by Crippen LogP contribution is -2.16. The van der Waals surface area contributed by atoms with E-state index in [0.29, 0.717) is 11.3 Å². The van der Waals surface area contributed by atoms with Gasteiger partial charge in [-0.2, -0.15) is 4.98 Å². The average molecular weight is 329 g/mol. The van der Waals surface area contributed by atoms with Gasteiger partial charge in [-0.15, -0.1) is 0 Å². The minimum Gasteiger partial charge on any atom is -0.328 e. The highest BCUT2D eigenvalue weighted by Crippen LogP contribution is 2.36. The SMILES string of the molecule is CC1CCC(n2cc(Br)c3cnc(Cl)nc32)CC1. The fourth-order valence-corrected chi connectivity index (χ4v) is 3.40. The van der Waals surface area contributed by atoms with Crippen molar-refractivity contribution in [3.05, 3.63) is 22.1 Å². The molecule has 0 aromatic carbocycles. The molecule has 2 aromatic heterocycles. The Balaban J connectivity index is 2.03. The zero-order valence-electron chi connectivity index (χ0n) is 10.2. The number of aromatic nitrogens is 3. The lowest BCUT2D eigenvalue weighted by molar-refractivity contribution is 0.293. The zero-order chi connectivity index (χ0) is 12.7. The van der Waals surface area contributed by atoms with E-state index < -0.39 is 0 Å². The van der Waals surface area contributed by atoms with E-state index in [4.69, 9.17) is 11.6 Å². The lowest BCUT2D eigenvalue weighted by atomic mass is 9.87. The third kappa shape index (κ3) is 2.16. The maximum absolute atomic E-state index is 5.91. The van der Waals surface area contributed by atoms with E-state index in [1.54, 1.807) is 6.20 Å². The summed E-state index contributed by atoms with van der Waals surface area (Å²) in [5.74, 6) is 0.852. The van der Waals surface area contributed by atoms with Crippen LogP contribution in [-0.4, -0.2) is 14.5 Å². The van der Waals surface area contributed by atoms with Gasteiger partial charge in [-0.25, -0.2) is 4.98 Å². The van der Waals surface area contributed by atoms with Gasteiger partial charge in [-0.1, -0.05) is 6.92 Å². The van der Waals surface area contributed by atoms with Gasteiger partial charge in [0.1, 0.15) is 5.65 Å². The number of halogens is 2. The largest absolute Gasteiger partial charge is 0.328 e. The van der Waals surface area contributed by atoms with Gasteiger partial charge in [0.2, 0.25) is 5.28 Å². The molecule has 0 spiro atoms. The summed E-state index contributed by atoms with van der Waals surface area (Å²) in [6.07, 6.45) is 8.94. The van der Waals surface area contributed by atoms with Crippen LogP contribution in [0.1, 0.15) is 38.6 Å². The van der Waals surface area contributed by atoms with Crippen LogP contribution in [0.5, 0.6) is 0 Å². The quantitative estimate of drug-likeness (QED) is 0.716. The summed E-state index contributed by atoms with van der Waals surface area (Å²) < 4.78 is 3.31. The van der Waals surface area contributed by atoms with Crippen molar-refractivity contribution < 1.29 is 0 Å². The summed E-state index contributed by atoms with van der Waals surface area (Å²) in [4.78, 5) is 8.43. The van der Waals surface area contributed by atoms with Gasteiger partial charge in [0.25, 0.3) is 0 Å². The first-order chi connectivity index (χ1) is 8.65. The molecule has 0 unspecified atom stereocenters. The van der Waals surface area contributed by atoms with Crippen molar-refractivity contribution in [3.63, 3.8) is 0 Å². The van der Waals surface area contributed by atoms with Crippen molar-refractivity contribution in [2.24, 2.45) is 5.92 Å². The molecule has 0 N–H and O–H groups in total. The number of fused-ring (bicyclic) bond motifs is 1. The van der Waals surface area contributed by atoms with Crippen LogP contribution < -0.4 is 0 Å². The van der Waals surface area contributed by atoms with Crippen LogP contribution in [0, 0.1) is 5.92 Å². The molecule has 0 atom stereocenters. The normalized spacial score (nSPS) is 24.6. The van der Waals surface area contributed by atoms with E-state index in [1.165, 1.54) is 25.7 Å². The highest BCUT2D eigenvalue weighted by atomic mass is 79.9. The van der Waals surface area contributed by atoms with Crippen LogP contribution in [0.4, 0.5) is 0 Å². The van der Waals surface area contributed by atoms with Crippen molar-refractivity contribution in [2.45, 2.75) is 38.6 Å². The molecular weight excluding hydrogens is 314 g/mol. The minimum atomic E-state index is 0.318. The number of hydrogen-bond acceptors (Lipinski definition) is 2. The van der Waals surface area contributed by atoms with E-state index in [0.717, 1.165) is 21.4 Å². The summed E-state index contributed by atoms with van der Waals surface area (Å²) in [5.41, 5.74) is 0.946. The molecule has 0 aliphatic heterocycles. The Hall–Kier alpha value is -0.610. The summed E-state index contributed by atoms with van der Waals surface area (Å²) in [6.45, 7) is 2.33. The Bertz CT molecular complexity index is 573. The molecule has 3 nitrogen and oxygen atoms in total. The summed E-state index contributed by atoms with van der Waals surface area (Å²) in [7, 11) is 0. The average Bonchev–Trinajstić information content (AvgIpc) is 2.67. The molecule has 3 rings (SSSR count). The molecule has 1 aliphatic carbocycles. The van der Waals surface area contributed by atoms with Crippen LogP contribution in [0.3, 0.4) is 0 Å². The Morgan fingerprint density at radius 1 is 1.33 bits per heavy atom. The minimum absolute atomic E-state index is 0.318. The highest BCUT2D eigenvalue weighted by molar-refractivity contribution is 9.10. The third-order valence-corrected chi connectivity index (χ3v) is 4.69. The molecule has 5 heteroatoms. The van der Waals surface area contributed by atoms with Gasteiger partial charge < -0.3 is 4.57 Å². The number of rotatable bonds is 1. The number of hydrogen-bond donors (Lipinski definition) is 0. The summed E-state index contributed by atoms with van der Waals surface area (Å²) in [6, 6.07) is 0.543. The second-order valence-electron chi connectivity index (χ2n) is 5.17. The molecular formula is C13H15BrClN3. The van der Waals surface area contributed by atoms with Crippen molar-refractivity contribution in [1.82, 2.24) is 14.5 Å².